The van der Waals surface area contributed by atoms with Gasteiger partial charge in [0.25, 0.3) is 0 Å². The van der Waals surface area contributed by atoms with Crippen molar-refractivity contribution in [3.63, 3.8) is 0 Å². The summed E-state index contributed by atoms with van der Waals surface area (Å²) in [5.74, 6) is -0.318. The summed E-state index contributed by atoms with van der Waals surface area (Å²) in [6.45, 7) is 3.08. The van der Waals surface area contributed by atoms with Crippen LogP contribution < -0.4 is 10.6 Å². The third-order valence-electron chi connectivity index (χ3n) is 5.15. The summed E-state index contributed by atoms with van der Waals surface area (Å²) in [5, 5.41) is 6.31. The molecule has 1 atom stereocenters. The van der Waals surface area contributed by atoms with Crippen molar-refractivity contribution in [2.24, 2.45) is 11.8 Å². The van der Waals surface area contributed by atoms with Crippen LogP contribution in [0.2, 0.25) is 5.02 Å². The molecule has 1 saturated heterocycles. The number of halogens is 2. The van der Waals surface area contributed by atoms with Crippen LogP contribution in [0.5, 0.6) is 0 Å². The molecular formula is C21H23ClFN3O2. The van der Waals surface area contributed by atoms with Crippen LogP contribution >= 0.6 is 11.6 Å². The zero-order valence-electron chi connectivity index (χ0n) is 15.6. The molecule has 1 heterocycles. The molecular weight excluding hydrogens is 381 g/mol. The molecule has 0 bridgehead atoms. The largest absolute Gasteiger partial charge is 0.326 e. The standard InChI is InChI=1S/C21H23ClFN3O2/c1-14(20(27)24-18-6-2-16(22)3-7-18)15-10-12-26(13-11-15)21(28)25-19-8-4-17(23)5-9-19/h2-9,14-15H,10-13H2,1H3,(H,24,27)(H,25,28)/t14-/m1/s1. The van der Waals surface area contributed by atoms with Crippen LogP contribution in [0, 0.1) is 17.7 Å². The predicted molar refractivity (Wildman–Crippen MR) is 109 cm³/mol. The van der Waals surface area contributed by atoms with Crippen molar-refractivity contribution < 1.29 is 14.0 Å². The van der Waals surface area contributed by atoms with Crippen molar-refractivity contribution in [2.45, 2.75) is 19.8 Å². The van der Waals surface area contributed by atoms with E-state index < -0.39 is 0 Å². The highest BCUT2D eigenvalue weighted by Gasteiger charge is 2.30. The number of carbonyl (C=O) groups is 2. The molecule has 2 aromatic carbocycles. The number of likely N-dealkylation sites (tertiary alicyclic amines) is 1. The fourth-order valence-corrected chi connectivity index (χ4v) is 3.47. The third-order valence-corrected chi connectivity index (χ3v) is 5.41. The molecule has 5 nitrogen and oxygen atoms in total. The minimum atomic E-state index is -0.343. The second-order valence-electron chi connectivity index (χ2n) is 7.05. The summed E-state index contributed by atoms with van der Waals surface area (Å²) >= 11 is 5.86. The zero-order valence-corrected chi connectivity index (χ0v) is 16.4. The van der Waals surface area contributed by atoms with Gasteiger partial charge in [-0.1, -0.05) is 18.5 Å². The van der Waals surface area contributed by atoms with E-state index in [1.807, 2.05) is 6.92 Å². The highest BCUT2D eigenvalue weighted by molar-refractivity contribution is 6.30. The first kappa shape index (κ1) is 20.1. The maximum atomic E-state index is 13.0. The van der Waals surface area contributed by atoms with E-state index in [9.17, 15) is 14.0 Å². The molecule has 2 aromatic rings. The van der Waals surface area contributed by atoms with Crippen LogP contribution in [0.4, 0.5) is 20.6 Å². The Morgan fingerprint density at radius 2 is 1.54 bits per heavy atom. The Morgan fingerprint density at radius 1 is 1.00 bits per heavy atom. The normalized spacial score (nSPS) is 15.8. The Kier molecular flexibility index (Phi) is 6.52. The summed E-state index contributed by atoms with van der Waals surface area (Å²) in [6.07, 6.45) is 1.51. The van der Waals surface area contributed by atoms with Crippen LogP contribution in [-0.2, 0) is 4.79 Å². The third kappa shape index (κ3) is 5.23. The van der Waals surface area contributed by atoms with Crippen molar-refractivity contribution in [1.82, 2.24) is 4.90 Å². The lowest BCUT2D eigenvalue weighted by molar-refractivity contribution is -0.121. The van der Waals surface area contributed by atoms with Gasteiger partial charge in [-0.05, 0) is 67.3 Å². The summed E-state index contributed by atoms with van der Waals surface area (Å²) < 4.78 is 13.0. The first-order valence-electron chi connectivity index (χ1n) is 9.30. The first-order chi connectivity index (χ1) is 13.4. The van der Waals surface area contributed by atoms with Crippen molar-refractivity contribution in [1.29, 1.82) is 0 Å². The zero-order chi connectivity index (χ0) is 20.1. The highest BCUT2D eigenvalue weighted by Crippen LogP contribution is 2.27. The Balaban J connectivity index is 1.48. The van der Waals surface area contributed by atoms with Crippen molar-refractivity contribution in [2.75, 3.05) is 23.7 Å². The molecule has 0 unspecified atom stereocenters. The fraction of sp³-hybridized carbons (Fsp3) is 0.333. The predicted octanol–water partition coefficient (Wildman–Crippen LogP) is 5.00. The number of amides is 3. The molecule has 3 amide bonds. The van der Waals surface area contributed by atoms with Gasteiger partial charge in [-0.3, -0.25) is 4.79 Å². The fourth-order valence-electron chi connectivity index (χ4n) is 3.34. The maximum Gasteiger partial charge on any atom is 0.321 e. The number of hydrogen-bond acceptors (Lipinski definition) is 2. The van der Waals surface area contributed by atoms with Gasteiger partial charge >= 0.3 is 6.03 Å². The number of benzene rings is 2. The molecule has 2 N–H and O–H groups in total. The van der Waals surface area contributed by atoms with Crippen LogP contribution in [0.1, 0.15) is 19.8 Å². The van der Waals surface area contributed by atoms with E-state index in [1.165, 1.54) is 24.3 Å². The molecule has 1 aliphatic rings. The van der Waals surface area contributed by atoms with Gasteiger partial charge in [0.15, 0.2) is 0 Å². The lowest BCUT2D eigenvalue weighted by Gasteiger charge is -2.34. The van der Waals surface area contributed by atoms with Gasteiger partial charge in [0.1, 0.15) is 5.82 Å². The van der Waals surface area contributed by atoms with Gasteiger partial charge in [0, 0.05) is 35.4 Å². The highest BCUT2D eigenvalue weighted by atomic mass is 35.5. The summed E-state index contributed by atoms with van der Waals surface area (Å²) in [7, 11) is 0. The Hall–Kier alpha value is -2.60. The van der Waals surface area contributed by atoms with Gasteiger partial charge in [0.05, 0.1) is 0 Å². The number of carbonyl (C=O) groups excluding carboxylic acids is 2. The minimum absolute atomic E-state index is 0.0310. The Bertz CT molecular complexity index is 819. The van der Waals surface area contributed by atoms with E-state index in [1.54, 1.807) is 29.2 Å². The Morgan fingerprint density at radius 3 is 2.14 bits per heavy atom. The average Bonchev–Trinajstić information content (AvgIpc) is 2.71. The topological polar surface area (TPSA) is 61.4 Å². The number of piperidine rings is 1. The quantitative estimate of drug-likeness (QED) is 0.754. The molecule has 0 aromatic heterocycles. The number of nitrogens with zero attached hydrogens (tertiary/aromatic N) is 1. The van der Waals surface area contributed by atoms with E-state index in [-0.39, 0.29) is 29.6 Å². The number of urea groups is 1. The van der Waals surface area contributed by atoms with Gasteiger partial charge in [0.2, 0.25) is 5.91 Å². The van der Waals surface area contributed by atoms with Crippen LogP contribution in [0.25, 0.3) is 0 Å². The minimum Gasteiger partial charge on any atom is -0.326 e. The maximum absolute atomic E-state index is 13.0. The van der Waals surface area contributed by atoms with Gasteiger partial charge < -0.3 is 15.5 Å². The Labute approximate surface area is 168 Å². The summed E-state index contributed by atoms with van der Waals surface area (Å²) in [4.78, 5) is 26.6. The molecule has 1 fully saturated rings. The number of nitrogens with one attached hydrogen (secondary N) is 2. The van der Waals surface area contributed by atoms with E-state index in [4.69, 9.17) is 11.6 Å². The molecule has 0 aliphatic carbocycles. The van der Waals surface area contributed by atoms with E-state index in [0.29, 0.717) is 23.8 Å². The second-order valence-corrected chi connectivity index (χ2v) is 7.48. The molecule has 3 rings (SSSR count). The van der Waals surface area contributed by atoms with E-state index >= 15 is 0 Å². The van der Waals surface area contributed by atoms with Crippen molar-refractivity contribution in [3.8, 4) is 0 Å². The smallest absolute Gasteiger partial charge is 0.321 e. The van der Waals surface area contributed by atoms with Gasteiger partial charge in [-0.2, -0.15) is 0 Å². The first-order valence-corrected chi connectivity index (χ1v) is 9.68. The number of hydrogen-bond donors (Lipinski definition) is 2. The molecule has 1 aliphatic heterocycles. The number of rotatable bonds is 4. The van der Waals surface area contributed by atoms with Crippen molar-refractivity contribution in [3.05, 3.63) is 59.4 Å². The SMILES string of the molecule is C[C@@H](C(=O)Nc1ccc(Cl)cc1)C1CCN(C(=O)Nc2ccc(F)cc2)CC1. The van der Waals surface area contributed by atoms with Crippen LogP contribution in [0.3, 0.4) is 0 Å². The van der Waals surface area contributed by atoms with Gasteiger partial charge in [-0.25, -0.2) is 9.18 Å². The summed E-state index contributed by atoms with van der Waals surface area (Å²) in [6, 6.07) is 12.5. The molecule has 0 saturated carbocycles. The molecule has 148 valence electrons. The molecule has 28 heavy (non-hydrogen) atoms. The molecule has 0 radical (unpaired) electrons. The second kappa shape index (κ2) is 9.06. The van der Waals surface area contributed by atoms with Crippen LogP contribution in [-0.4, -0.2) is 29.9 Å². The van der Waals surface area contributed by atoms with E-state index in [2.05, 4.69) is 10.6 Å². The molecule has 0 spiro atoms. The van der Waals surface area contributed by atoms with Crippen LogP contribution in [0.15, 0.2) is 48.5 Å². The lowest BCUT2D eigenvalue weighted by atomic mass is 9.85. The number of anilines is 2. The lowest BCUT2D eigenvalue weighted by Crippen LogP contribution is -2.43. The van der Waals surface area contributed by atoms with Gasteiger partial charge in [-0.15, -0.1) is 0 Å². The summed E-state index contributed by atoms with van der Waals surface area (Å²) in [5.41, 5.74) is 1.28. The van der Waals surface area contributed by atoms with E-state index in [0.717, 1.165) is 18.5 Å². The van der Waals surface area contributed by atoms with Crippen molar-refractivity contribution >= 4 is 34.9 Å². The average molecular weight is 404 g/mol. The monoisotopic (exact) mass is 403 g/mol. The molecule has 7 heteroatoms.